The Balaban J connectivity index is 1.83. The first kappa shape index (κ1) is 19.8. The third-order valence-corrected chi connectivity index (χ3v) is 5.39. The molecule has 2 aliphatic heterocycles. The van der Waals surface area contributed by atoms with Crippen molar-refractivity contribution in [3.8, 4) is 5.75 Å². The molecule has 1 aromatic rings. The standard InChI is InChI=1S/C22H34N2O3/c1-6-7-10-23-13-14-26-19-15-17-8-11-24(21(25)27-22(3,4)5)12-9-18(17)16(2)20(19)23/h15H,6-14H2,1-5H3. The van der Waals surface area contributed by atoms with Crippen molar-refractivity contribution in [3.05, 3.63) is 22.8 Å². The fourth-order valence-corrected chi connectivity index (χ4v) is 4.03. The third kappa shape index (κ3) is 4.50. The van der Waals surface area contributed by atoms with E-state index in [0.717, 1.165) is 38.3 Å². The number of fused-ring (bicyclic) bond motifs is 2. The van der Waals surface area contributed by atoms with Crippen molar-refractivity contribution in [2.24, 2.45) is 0 Å². The van der Waals surface area contributed by atoms with Crippen LogP contribution < -0.4 is 9.64 Å². The van der Waals surface area contributed by atoms with Crippen LogP contribution in [-0.4, -0.2) is 49.4 Å². The summed E-state index contributed by atoms with van der Waals surface area (Å²) in [5, 5.41) is 0. The second-order valence-corrected chi connectivity index (χ2v) is 8.64. The van der Waals surface area contributed by atoms with Gasteiger partial charge in [0, 0.05) is 19.6 Å². The van der Waals surface area contributed by atoms with E-state index in [1.54, 1.807) is 0 Å². The summed E-state index contributed by atoms with van der Waals surface area (Å²) < 4.78 is 11.6. The first-order valence-corrected chi connectivity index (χ1v) is 10.3. The first-order chi connectivity index (χ1) is 12.8. The normalized spacial score (nSPS) is 16.9. The lowest BCUT2D eigenvalue weighted by Gasteiger charge is -2.34. The zero-order valence-corrected chi connectivity index (χ0v) is 17.6. The largest absolute Gasteiger partial charge is 0.490 e. The van der Waals surface area contributed by atoms with E-state index in [1.807, 2.05) is 25.7 Å². The number of carbonyl (C=O) groups excluding carboxylic acids is 1. The zero-order valence-electron chi connectivity index (χ0n) is 17.6. The molecule has 0 bridgehead atoms. The van der Waals surface area contributed by atoms with Crippen molar-refractivity contribution >= 4 is 11.8 Å². The fourth-order valence-electron chi connectivity index (χ4n) is 4.03. The van der Waals surface area contributed by atoms with Gasteiger partial charge in [0.25, 0.3) is 0 Å². The molecule has 5 nitrogen and oxygen atoms in total. The summed E-state index contributed by atoms with van der Waals surface area (Å²) in [7, 11) is 0. The molecule has 0 aromatic heterocycles. The highest BCUT2D eigenvalue weighted by molar-refractivity contribution is 5.71. The summed E-state index contributed by atoms with van der Waals surface area (Å²) in [5.41, 5.74) is 4.82. The molecule has 0 spiro atoms. The maximum Gasteiger partial charge on any atom is 0.410 e. The van der Waals surface area contributed by atoms with E-state index >= 15 is 0 Å². The lowest BCUT2D eigenvalue weighted by molar-refractivity contribution is 0.0258. The highest BCUT2D eigenvalue weighted by atomic mass is 16.6. The van der Waals surface area contributed by atoms with Crippen molar-refractivity contribution < 1.29 is 14.3 Å². The van der Waals surface area contributed by atoms with Gasteiger partial charge in [0.15, 0.2) is 0 Å². The molecule has 2 aliphatic rings. The molecule has 1 aromatic carbocycles. The van der Waals surface area contributed by atoms with Gasteiger partial charge in [-0.25, -0.2) is 4.79 Å². The average molecular weight is 375 g/mol. The number of hydrogen-bond donors (Lipinski definition) is 0. The lowest BCUT2D eigenvalue weighted by Crippen LogP contribution is -2.38. The van der Waals surface area contributed by atoms with E-state index in [2.05, 4.69) is 24.8 Å². The van der Waals surface area contributed by atoms with E-state index in [1.165, 1.54) is 35.2 Å². The topological polar surface area (TPSA) is 42.0 Å². The lowest BCUT2D eigenvalue weighted by atomic mass is 9.94. The van der Waals surface area contributed by atoms with Gasteiger partial charge in [0.1, 0.15) is 18.0 Å². The Morgan fingerprint density at radius 3 is 2.67 bits per heavy atom. The molecular formula is C22H34N2O3. The number of anilines is 1. The van der Waals surface area contributed by atoms with Gasteiger partial charge in [-0.05, 0) is 69.7 Å². The zero-order chi connectivity index (χ0) is 19.6. The van der Waals surface area contributed by atoms with Gasteiger partial charge in [0.05, 0.1) is 12.2 Å². The van der Waals surface area contributed by atoms with Gasteiger partial charge < -0.3 is 19.3 Å². The predicted molar refractivity (Wildman–Crippen MR) is 109 cm³/mol. The maximum absolute atomic E-state index is 12.5. The van der Waals surface area contributed by atoms with Crippen LogP contribution in [0.2, 0.25) is 0 Å². The van der Waals surface area contributed by atoms with Gasteiger partial charge in [-0.15, -0.1) is 0 Å². The van der Waals surface area contributed by atoms with Crippen molar-refractivity contribution in [1.82, 2.24) is 4.90 Å². The van der Waals surface area contributed by atoms with Crippen molar-refractivity contribution in [2.45, 2.75) is 65.9 Å². The Morgan fingerprint density at radius 2 is 1.96 bits per heavy atom. The van der Waals surface area contributed by atoms with Crippen LogP contribution in [0.4, 0.5) is 10.5 Å². The average Bonchev–Trinajstić information content (AvgIpc) is 2.81. The van der Waals surface area contributed by atoms with Crippen LogP contribution in [0.25, 0.3) is 0 Å². The number of hydrogen-bond acceptors (Lipinski definition) is 4. The third-order valence-electron chi connectivity index (χ3n) is 5.39. The number of ether oxygens (including phenoxy) is 2. The molecule has 1 amide bonds. The summed E-state index contributed by atoms with van der Waals surface area (Å²) in [5.74, 6) is 1.01. The SMILES string of the molecule is CCCCN1CCOc2cc3c(c(C)c21)CCN(C(=O)OC(C)(C)C)CC3. The van der Waals surface area contributed by atoms with E-state index in [0.29, 0.717) is 13.1 Å². The maximum atomic E-state index is 12.5. The highest BCUT2D eigenvalue weighted by Gasteiger charge is 2.28. The van der Waals surface area contributed by atoms with Crippen LogP contribution in [0.15, 0.2) is 6.07 Å². The highest BCUT2D eigenvalue weighted by Crippen LogP contribution is 2.40. The van der Waals surface area contributed by atoms with Crippen LogP contribution in [0.5, 0.6) is 5.75 Å². The molecule has 0 aliphatic carbocycles. The second-order valence-electron chi connectivity index (χ2n) is 8.64. The molecule has 0 fully saturated rings. The number of nitrogens with zero attached hydrogens (tertiary/aromatic N) is 2. The summed E-state index contributed by atoms with van der Waals surface area (Å²) in [6.45, 7) is 14.4. The molecule has 0 N–H and O–H groups in total. The Morgan fingerprint density at radius 1 is 1.22 bits per heavy atom. The van der Waals surface area contributed by atoms with Crippen LogP contribution in [0.3, 0.4) is 0 Å². The van der Waals surface area contributed by atoms with E-state index in [9.17, 15) is 4.79 Å². The van der Waals surface area contributed by atoms with Crippen molar-refractivity contribution in [3.63, 3.8) is 0 Å². The molecule has 5 heteroatoms. The summed E-state index contributed by atoms with van der Waals surface area (Å²) in [6.07, 6.45) is 3.90. The molecule has 150 valence electrons. The molecule has 0 radical (unpaired) electrons. The second kappa shape index (κ2) is 7.99. The predicted octanol–water partition coefficient (Wildman–Crippen LogP) is 4.33. The number of unbranched alkanes of at least 4 members (excludes halogenated alkanes) is 1. The molecule has 2 heterocycles. The van der Waals surface area contributed by atoms with Crippen molar-refractivity contribution in [1.29, 1.82) is 0 Å². The van der Waals surface area contributed by atoms with Gasteiger partial charge >= 0.3 is 6.09 Å². The van der Waals surface area contributed by atoms with E-state index < -0.39 is 5.60 Å². The molecule has 0 unspecified atom stereocenters. The van der Waals surface area contributed by atoms with Crippen molar-refractivity contribution in [2.75, 3.05) is 37.7 Å². The van der Waals surface area contributed by atoms with Crippen LogP contribution >= 0.6 is 0 Å². The van der Waals surface area contributed by atoms with Crippen LogP contribution in [-0.2, 0) is 17.6 Å². The van der Waals surface area contributed by atoms with Gasteiger partial charge in [-0.1, -0.05) is 13.3 Å². The minimum absolute atomic E-state index is 0.210. The molecule has 27 heavy (non-hydrogen) atoms. The Kier molecular flexibility index (Phi) is 5.87. The summed E-state index contributed by atoms with van der Waals surface area (Å²) in [4.78, 5) is 16.8. The van der Waals surface area contributed by atoms with Crippen LogP contribution in [0, 0.1) is 6.92 Å². The number of rotatable bonds is 3. The quantitative estimate of drug-likeness (QED) is 0.790. The Labute approximate surface area is 163 Å². The van der Waals surface area contributed by atoms with E-state index in [-0.39, 0.29) is 6.09 Å². The summed E-state index contributed by atoms with van der Waals surface area (Å²) >= 11 is 0. The van der Waals surface area contributed by atoms with Crippen LogP contribution in [0.1, 0.15) is 57.2 Å². The Bertz CT molecular complexity index is 694. The molecule has 0 atom stereocenters. The van der Waals surface area contributed by atoms with E-state index in [4.69, 9.17) is 9.47 Å². The minimum atomic E-state index is -0.459. The number of amides is 1. The molecule has 0 saturated heterocycles. The smallest absolute Gasteiger partial charge is 0.410 e. The van der Waals surface area contributed by atoms with Gasteiger partial charge in [-0.3, -0.25) is 0 Å². The number of benzene rings is 1. The molecule has 3 rings (SSSR count). The fraction of sp³-hybridized carbons (Fsp3) is 0.682. The molecule has 0 saturated carbocycles. The number of carbonyl (C=O) groups is 1. The molecular weight excluding hydrogens is 340 g/mol. The Hall–Kier alpha value is -1.91. The minimum Gasteiger partial charge on any atom is -0.490 e. The first-order valence-electron chi connectivity index (χ1n) is 10.3. The monoisotopic (exact) mass is 374 g/mol. The summed E-state index contributed by atoms with van der Waals surface area (Å²) in [6, 6.07) is 2.22. The van der Waals surface area contributed by atoms with Gasteiger partial charge in [-0.2, -0.15) is 0 Å². The van der Waals surface area contributed by atoms with Gasteiger partial charge in [0.2, 0.25) is 0 Å².